The van der Waals surface area contributed by atoms with Gasteiger partial charge in [-0.1, -0.05) is 24.3 Å². The number of carbonyl (C=O) groups is 1. The summed E-state index contributed by atoms with van der Waals surface area (Å²) < 4.78 is 11.7. The number of ether oxygens (including phenoxy) is 2. The second-order valence-electron chi connectivity index (χ2n) is 6.70. The molecule has 2 aromatic rings. The summed E-state index contributed by atoms with van der Waals surface area (Å²) in [6.45, 7) is 2.49. The van der Waals surface area contributed by atoms with Crippen molar-refractivity contribution in [3.63, 3.8) is 0 Å². The third-order valence-corrected chi connectivity index (χ3v) is 5.75. The number of rotatable bonds is 6. The van der Waals surface area contributed by atoms with Gasteiger partial charge in [0.2, 0.25) is 5.91 Å². The number of hydrogen-bond acceptors (Lipinski definition) is 4. The standard InChI is InChI=1S/C21H25BrN2O3/c1-26-18-11-10-15(19(22)20(18)27-2)13-24-12-6-7-16(14-24)21(25)23-17-8-4-3-5-9-17/h3-5,8-11,16H,6-7,12-14H2,1-2H3,(H,23,25). The van der Waals surface area contributed by atoms with Crippen LogP contribution in [0.5, 0.6) is 11.5 Å². The number of halogens is 1. The first-order valence-corrected chi connectivity index (χ1v) is 9.89. The number of nitrogens with one attached hydrogen (secondary N) is 1. The minimum absolute atomic E-state index is 0.00197. The van der Waals surface area contributed by atoms with Crippen LogP contribution in [0.3, 0.4) is 0 Å². The molecule has 2 aromatic carbocycles. The van der Waals surface area contributed by atoms with E-state index in [4.69, 9.17) is 9.47 Å². The van der Waals surface area contributed by atoms with Crippen molar-refractivity contribution in [1.29, 1.82) is 0 Å². The van der Waals surface area contributed by atoms with Gasteiger partial charge in [-0.05, 0) is 59.1 Å². The molecule has 5 nitrogen and oxygen atoms in total. The van der Waals surface area contributed by atoms with Gasteiger partial charge in [-0.2, -0.15) is 0 Å². The van der Waals surface area contributed by atoms with Crippen molar-refractivity contribution in [1.82, 2.24) is 4.90 Å². The van der Waals surface area contributed by atoms with Crippen molar-refractivity contribution in [2.75, 3.05) is 32.6 Å². The predicted octanol–water partition coefficient (Wildman–Crippen LogP) is 4.32. The van der Waals surface area contributed by atoms with Gasteiger partial charge < -0.3 is 14.8 Å². The zero-order valence-electron chi connectivity index (χ0n) is 15.7. The van der Waals surface area contributed by atoms with Gasteiger partial charge in [-0.25, -0.2) is 0 Å². The fourth-order valence-electron chi connectivity index (χ4n) is 3.47. The Labute approximate surface area is 168 Å². The van der Waals surface area contributed by atoms with Crippen molar-refractivity contribution < 1.29 is 14.3 Å². The van der Waals surface area contributed by atoms with Crippen LogP contribution in [0.4, 0.5) is 5.69 Å². The van der Waals surface area contributed by atoms with Crippen LogP contribution in [0.1, 0.15) is 18.4 Å². The van der Waals surface area contributed by atoms with Gasteiger partial charge in [0.15, 0.2) is 11.5 Å². The van der Waals surface area contributed by atoms with E-state index in [9.17, 15) is 4.79 Å². The summed E-state index contributed by atoms with van der Waals surface area (Å²) in [6.07, 6.45) is 1.93. The van der Waals surface area contributed by atoms with Gasteiger partial charge in [0.05, 0.1) is 24.6 Å². The van der Waals surface area contributed by atoms with Crippen molar-refractivity contribution in [3.05, 3.63) is 52.5 Å². The van der Waals surface area contributed by atoms with Crippen molar-refractivity contribution in [2.24, 2.45) is 5.92 Å². The number of para-hydroxylation sites is 1. The second-order valence-corrected chi connectivity index (χ2v) is 7.50. The number of benzene rings is 2. The maximum Gasteiger partial charge on any atom is 0.228 e. The molecule has 0 aromatic heterocycles. The number of hydrogen-bond donors (Lipinski definition) is 1. The summed E-state index contributed by atoms with van der Waals surface area (Å²) in [7, 11) is 3.27. The number of nitrogens with zero attached hydrogens (tertiary/aromatic N) is 1. The molecular formula is C21H25BrN2O3. The highest BCUT2D eigenvalue weighted by molar-refractivity contribution is 9.10. The molecule has 1 aliphatic rings. The minimum atomic E-state index is -0.00197. The Morgan fingerprint density at radius 2 is 1.96 bits per heavy atom. The Hall–Kier alpha value is -2.05. The number of likely N-dealkylation sites (tertiary alicyclic amines) is 1. The maximum absolute atomic E-state index is 12.6. The Balaban J connectivity index is 1.66. The average Bonchev–Trinajstić information content (AvgIpc) is 2.70. The van der Waals surface area contributed by atoms with E-state index < -0.39 is 0 Å². The SMILES string of the molecule is COc1ccc(CN2CCCC(C(=O)Nc3ccccc3)C2)c(Br)c1OC. The lowest BCUT2D eigenvalue weighted by molar-refractivity contribution is -0.121. The van der Waals surface area contributed by atoms with E-state index in [2.05, 4.69) is 26.1 Å². The summed E-state index contributed by atoms with van der Waals surface area (Å²) in [5.74, 6) is 1.49. The smallest absolute Gasteiger partial charge is 0.228 e. The van der Waals surface area contributed by atoms with Crippen LogP contribution in [0.15, 0.2) is 46.9 Å². The van der Waals surface area contributed by atoms with E-state index in [0.717, 1.165) is 48.2 Å². The Morgan fingerprint density at radius 1 is 1.19 bits per heavy atom. The number of carbonyl (C=O) groups excluding carboxylic acids is 1. The van der Waals surface area contributed by atoms with E-state index in [-0.39, 0.29) is 11.8 Å². The first kappa shape index (κ1) is 19.7. The van der Waals surface area contributed by atoms with Crippen LogP contribution >= 0.6 is 15.9 Å². The maximum atomic E-state index is 12.6. The number of methoxy groups -OCH3 is 2. The van der Waals surface area contributed by atoms with E-state index in [1.807, 2.05) is 42.5 Å². The Morgan fingerprint density at radius 3 is 2.67 bits per heavy atom. The highest BCUT2D eigenvalue weighted by atomic mass is 79.9. The van der Waals surface area contributed by atoms with Crippen LogP contribution in [-0.2, 0) is 11.3 Å². The number of amides is 1. The molecule has 0 saturated carbocycles. The first-order chi connectivity index (χ1) is 13.1. The Kier molecular flexibility index (Phi) is 6.74. The molecule has 0 spiro atoms. The molecule has 1 amide bonds. The highest BCUT2D eigenvalue weighted by Crippen LogP contribution is 2.38. The quantitative estimate of drug-likeness (QED) is 0.738. The molecule has 0 aliphatic carbocycles. The van der Waals surface area contributed by atoms with Gasteiger partial charge in [0.1, 0.15) is 0 Å². The van der Waals surface area contributed by atoms with Crippen LogP contribution in [-0.4, -0.2) is 38.1 Å². The molecule has 1 aliphatic heterocycles. The molecule has 0 bridgehead atoms. The van der Waals surface area contributed by atoms with E-state index >= 15 is 0 Å². The summed E-state index contributed by atoms with van der Waals surface area (Å²) >= 11 is 3.64. The molecule has 1 unspecified atom stereocenters. The molecule has 6 heteroatoms. The molecule has 27 heavy (non-hydrogen) atoms. The molecular weight excluding hydrogens is 408 g/mol. The number of anilines is 1. The molecule has 1 fully saturated rings. The summed E-state index contributed by atoms with van der Waals surface area (Å²) in [6, 6.07) is 13.6. The zero-order valence-corrected chi connectivity index (χ0v) is 17.3. The Bertz CT molecular complexity index is 782. The molecule has 0 radical (unpaired) electrons. The molecule has 1 N–H and O–H groups in total. The second kappa shape index (κ2) is 9.24. The lowest BCUT2D eigenvalue weighted by Crippen LogP contribution is -2.40. The summed E-state index contributed by atoms with van der Waals surface area (Å²) in [4.78, 5) is 15.0. The third kappa shape index (κ3) is 4.82. The predicted molar refractivity (Wildman–Crippen MR) is 110 cm³/mol. The highest BCUT2D eigenvalue weighted by Gasteiger charge is 2.26. The van der Waals surface area contributed by atoms with Gasteiger partial charge >= 0.3 is 0 Å². The van der Waals surface area contributed by atoms with Gasteiger partial charge in [-0.15, -0.1) is 0 Å². The van der Waals surface area contributed by atoms with Gasteiger partial charge in [-0.3, -0.25) is 9.69 Å². The summed E-state index contributed by atoms with van der Waals surface area (Å²) in [5.41, 5.74) is 1.97. The average molecular weight is 433 g/mol. The van der Waals surface area contributed by atoms with E-state index in [1.165, 1.54) is 0 Å². The van der Waals surface area contributed by atoms with Gasteiger partial charge in [0, 0.05) is 18.8 Å². The molecule has 3 rings (SSSR count). The minimum Gasteiger partial charge on any atom is -0.493 e. The monoisotopic (exact) mass is 432 g/mol. The summed E-state index contributed by atoms with van der Waals surface area (Å²) in [5, 5.41) is 3.03. The molecule has 1 heterocycles. The lowest BCUT2D eigenvalue weighted by Gasteiger charge is -2.32. The van der Waals surface area contributed by atoms with Crippen molar-refractivity contribution in [3.8, 4) is 11.5 Å². The van der Waals surface area contributed by atoms with E-state index in [1.54, 1.807) is 14.2 Å². The third-order valence-electron chi connectivity index (χ3n) is 4.88. The first-order valence-electron chi connectivity index (χ1n) is 9.10. The van der Waals surface area contributed by atoms with Crippen LogP contribution < -0.4 is 14.8 Å². The van der Waals surface area contributed by atoms with E-state index in [0.29, 0.717) is 11.5 Å². The molecule has 1 atom stereocenters. The van der Waals surface area contributed by atoms with Crippen molar-refractivity contribution >= 4 is 27.5 Å². The van der Waals surface area contributed by atoms with Gasteiger partial charge in [0.25, 0.3) is 0 Å². The largest absolute Gasteiger partial charge is 0.493 e. The van der Waals surface area contributed by atoms with Crippen LogP contribution in [0, 0.1) is 5.92 Å². The fourth-order valence-corrected chi connectivity index (χ4v) is 4.09. The topological polar surface area (TPSA) is 50.8 Å². The molecule has 1 saturated heterocycles. The lowest BCUT2D eigenvalue weighted by atomic mass is 9.96. The van der Waals surface area contributed by atoms with Crippen LogP contribution in [0.2, 0.25) is 0 Å². The number of piperidine rings is 1. The van der Waals surface area contributed by atoms with Crippen molar-refractivity contribution in [2.45, 2.75) is 19.4 Å². The zero-order chi connectivity index (χ0) is 19.2. The molecule has 144 valence electrons. The fraction of sp³-hybridized carbons (Fsp3) is 0.381. The van der Waals surface area contributed by atoms with Crippen LogP contribution in [0.25, 0.3) is 0 Å². The normalized spacial score (nSPS) is 17.4.